The van der Waals surface area contributed by atoms with Crippen LogP contribution < -0.4 is 16.0 Å². The molecule has 0 spiro atoms. The third kappa shape index (κ3) is 17.6. The van der Waals surface area contributed by atoms with E-state index in [1.54, 1.807) is 20.8 Å². The molecule has 9 nitrogen and oxygen atoms in total. The van der Waals surface area contributed by atoms with Crippen LogP contribution in [0.2, 0.25) is 0 Å². The number of carbonyl (C=O) groups excluding carboxylic acids is 4. The van der Waals surface area contributed by atoms with Gasteiger partial charge < -0.3 is 25.6 Å². The Hall–Kier alpha value is -3.88. The summed E-state index contributed by atoms with van der Waals surface area (Å²) in [6.07, 6.45) is 7.42. The zero-order chi connectivity index (χ0) is 34.5. The molecular formula is C38H58N4O5. The van der Waals surface area contributed by atoms with E-state index in [-0.39, 0.29) is 23.6 Å². The fraction of sp³-hybridized carbons (Fsp3) is 0.579. The topological polar surface area (TPSA) is 117 Å². The number of alkyl carbamates (subject to hydrolysis) is 1. The molecule has 0 saturated heterocycles. The first kappa shape index (κ1) is 39.3. The number of ether oxygens (including phenoxy) is 1. The Labute approximate surface area is 282 Å². The van der Waals surface area contributed by atoms with Crippen molar-refractivity contribution >= 4 is 23.8 Å². The quantitative estimate of drug-likeness (QED) is 0.139. The normalized spacial score (nSPS) is 12.4. The number of hydrogen-bond acceptors (Lipinski definition) is 5. The summed E-state index contributed by atoms with van der Waals surface area (Å²) in [5, 5.41) is 8.69. The second kappa shape index (κ2) is 21.8. The van der Waals surface area contributed by atoms with Crippen LogP contribution in [0.3, 0.4) is 0 Å². The van der Waals surface area contributed by atoms with Gasteiger partial charge in [-0.2, -0.15) is 0 Å². The molecule has 0 aliphatic rings. The Bertz CT molecular complexity index is 1200. The Kier molecular flexibility index (Phi) is 18.3. The van der Waals surface area contributed by atoms with E-state index in [1.807, 2.05) is 72.5 Å². The minimum absolute atomic E-state index is 0.00964. The third-order valence-electron chi connectivity index (χ3n) is 7.78. The summed E-state index contributed by atoms with van der Waals surface area (Å²) in [5.41, 5.74) is 1.36. The van der Waals surface area contributed by atoms with Crippen LogP contribution in [0, 0.1) is 5.92 Å². The number of benzene rings is 2. The van der Waals surface area contributed by atoms with Gasteiger partial charge in [0.2, 0.25) is 17.7 Å². The van der Waals surface area contributed by atoms with Crippen LogP contribution in [0.4, 0.5) is 4.79 Å². The van der Waals surface area contributed by atoms with E-state index < -0.39 is 17.7 Å². The van der Waals surface area contributed by atoms with E-state index in [0.717, 1.165) is 36.8 Å². The van der Waals surface area contributed by atoms with Gasteiger partial charge in [0.25, 0.3) is 0 Å². The highest BCUT2D eigenvalue weighted by molar-refractivity contribution is 5.86. The average molecular weight is 651 g/mol. The summed E-state index contributed by atoms with van der Waals surface area (Å²) in [4.78, 5) is 53.4. The van der Waals surface area contributed by atoms with Crippen molar-refractivity contribution in [2.45, 2.75) is 110 Å². The van der Waals surface area contributed by atoms with Crippen molar-refractivity contribution in [2.24, 2.45) is 5.92 Å². The highest BCUT2D eigenvalue weighted by atomic mass is 16.6. The molecule has 4 amide bonds. The summed E-state index contributed by atoms with van der Waals surface area (Å²) in [6, 6.07) is 18.7. The maximum atomic E-state index is 13.2. The Balaban J connectivity index is 1.89. The number of amides is 4. The summed E-state index contributed by atoms with van der Waals surface area (Å²) in [6.45, 7) is 11.3. The second-order valence-corrected chi connectivity index (χ2v) is 13.3. The first-order chi connectivity index (χ1) is 22.5. The van der Waals surface area contributed by atoms with Crippen LogP contribution in [0.1, 0.15) is 97.1 Å². The van der Waals surface area contributed by atoms with Crippen LogP contribution in [0.15, 0.2) is 60.7 Å². The molecule has 2 atom stereocenters. The van der Waals surface area contributed by atoms with Gasteiger partial charge in [-0.25, -0.2) is 4.79 Å². The maximum Gasteiger partial charge on any atom is 0.408 e. The number of hydrogen-bond donors (Lipinski definition) is 3. The molecule has 2 aromatic rings. The molecule has 0 bridgehead atoms. The van der Waals surface area contributed by atoms with Gasteiger partial charge in [-0.3, -0.25) is 14.4 Å². The molecule has 0 fully saturated rings. The predicted octanol–water partition coefficient (Wildman–Crippen LogP) is 6.20. The monoisotopic (exact) mass is 650 g/mol. The molecule has 3 N–H and O–H groups in total. The van der Waals surface area contributed by atoms with Crippen molar-refractivity contribution < 1.29 is 23.9 Å². The lowest BCUT2D eigenvalue weighted by molar-refractivity contribution is -0.131. The molecule has 2 rings (SSSR count). The minimum Gasteiger partial charge on any atom is -0.444 e. The molecule has 0 heterocycles. The molecule has 0 radical (unpaired) electrons. The number of carbonyl (C=O) groups is 4. The molecule has 0 aliphatic carbocycles. The smallest absolute Gasteiger partial charge is 0.408 e. The summed E-state index contributed by atoms with van der Waals surface area (Å²) in [7, 11) is 0. The van der Waals surface area contributed by atoms with Gasteiger partial charge >= 0.3 is 6.09 Å². The molecule has 9 heteroatoms. The Morgan fingerprint density at radius 2 is 1.26 bits per heavy atom. The highest BCUT2D eigenvalue weighted by Gasteiger charge is 2.25. The molecular weight excluding hydrogens is 592 g/mol. The molecule has 260 valence electrons. The standard InChI is InChI=1S/C38H58N4O5/c1-6-7-8-9-16-23-34(43)42(26-17-24-39-35(44)30(2)28-31-19-12-10-13-20-31)27-18-25-40-36(45)33(29-32-21-14-11-15-22-32)41-37(46)47-38(3,4)5/h10-15,19-22,30,33H,6-9,16-18,23-29H2,1-5H3,(H,39,44)(H,40,45)(H,41,46)/t30-,33-/m1/s1. The van der Waals surface area contributed by atoms with Gasteiger partial charge in [-0.05, 0) is 57.6 Å². The van der Waals surface area contributed by atoms with Crippen LogP contribution in [0.25, 0.3) is 0 Å². The largest absolute Gasteiger partial charge is 0.444 e. The van der Waals surface area contributed by atoms with Crippen molar-refractivity contribution in [2.75, 3.05) is 26.2 Å². The van der Waals surface area contributed by atoms with Gasteiger partial charge in [0.05, 0.1) is 0 Å². The summed E-state index contributed by atoms with van der Waals surface area (Å²) < 4.78 is 5.39. The maximum absolute atomic E-state index is 13.2. The molecule has 0 aromatic heterocycles. The Morgan fingerprint density at radius 3 is 1.81 bits per heavy atom. The number of nitrogens with one attached hydrogen (secondary N) is 3. The van der Waals surface area contributed by atoms with Crippen LogP contribution in [-0.4, -0.2) is 66.5 Å². The zero-order valence-corrected chi connectivity index (χ0v) is 29.3. The average Bonchev–Trinajstić information content (AvgIpc) is 3.03. The van der Waals surface area contributed by atoms with Crippen LogP contribution in [0.5, 0.6) is 0 Å². The van der Waals surface area contributed by atoms with E-state index in [1.165, 1.54) is 6.42 Å². The first-order valence-corrected chi connectivity index (χ1v) is 17.4. The summed E-state index contributed by atoms with van der Waals surface area (Å²) >= 11 is 0. The van der Waals surface area contributed by atoms with E-state index in [4.69, 9.17) is 4.74 Å². The molecule has 47 heavy (non-hydrogen) atoms. The molecule has 2 aromatic carbocycles. The fourth-order valence-corrected chi connectivity index (χ4v) is 5.23. The van der Waals surface area contributed by atoms with Gasteiger partial charge in [0, 0.05) is 44.9 Å². The number of unbranched alkanes of at least 4 members (excludes halogenated alkanes) is 4. The van der Waals surface area contributed by atoms with E-state index in [9.17, 15) is 19.2 Å². The lowest BCUT2D eigenvalue weighted by Gasteiger charge is -2.25. The Morgan fingerprint density at radius 1 is 0.723 bits per heavy atom. The highest BCUT2D eigenvalue weighted by Crippen LogP contribution is 2.11. The van der Waals surface area contributed by atoms with Gasteiger partial charge in [0.1, 0.15) is 11.6 Å². The molecule has 0 aliphatic heterocycles. The van der Waals surface area contributed by atoms with E-state index in [2.05, 4.69) is 22.9 Å². The van der Waals surface area contributed by atoms with E-state index >= 15 is 0 Å². The lowest BCUT2D eigenvalue weighted by atomic mass is 10.0. The number of rotatable bonds is 21. The predicted molar refractivity (Wildman–Crippen MR) is 188 cm³/mol. The van der Waals surface area contributed by atoms with Crippen LogP contribution >= 0.6 is 0 Å². The second-order valence-electron chi connectivity index (χ2n) is 13.3. The van der Waals surface area contributed by atoms with E-state index in [0.29, 0.717) is 58.3 Å². The summed E-state index contributed by atoms with van der Waals surface area (Å²) in [5.74, 6) is -0.334. The van der Waals surface area contributed by atoms with Gasteiger partial charge in [0.15, 0.2) is 0 Å². The van der Waals surface area contributed by atoms with Crippen molar-refractivity contribution in [3.05, 3.63) is 71.8 Å². The van der Waals surface area contributed by atoms with Crippen molar-refractivity contribution in [1.29, 1.82) is 0 Å². The minimum atomic E-state index is -0.805. The van der Waals surface area contributed by atoms with Crippen molar-refractivity contribution in [3.8, 4) is 0 Å². The van der Waals surface area contributed by atoms with Crippen molar-refractivity contribution in [1.82, 2.24) is 20.9 Å². The molecule has 0 saturated carbocycles. The lowest BCUT2D eigenvalue weighted by Crippen LogP contribution is -2.49. The van der Waals surface area contributed by atoms with Crippen molar-refractivity contribution in [3.63, 3.8) is 0 Å². The number of nitrogens with zero attached hydrogens (tertiary/aromatic N) is 1. The zero-order valence-electron chi connectivity index (χ0n) is 29.3. The first-order valence-electron chi connectivity index (χ1n) is 17.4. The van der Waals surface area contributed by atoms with Crippen LogP contribution in [-0.2, 0) is 32.0 Å². The molecule has 0 unspecified atom stereocenters. The SMILES string of the molecule is CCCCCCCC(=O)N(CCCNC(=O)[C@H](C)Cc1ccccc1)CCCNC(=O)[C@@H](Cc1ccccc1)NC(=O)OC(C)(C)C. The van der Waals surface area contributed by atoms with Gasteiger partial charge in [-0.15, -0.1) is 0 Å². The fourth-order valence-electron chi connectivity index (χ4n) is 5.23. The van der Waals surface area contributed by atoms with Gasteiger partial charge in [-0.1, -0.05) is 100 Å². The third-order valence-corrected chi connectivity index (χ3v) is 7.78.